The summed E-state index contributed by atoms with van der Waals surface area (Å²) >= 11 is 0. The molecule has 33 heavy (non-hydrogen) atoms. The molecule has 0 spiro atoms. The molecule has 11 heteroatoms. The van der Waals surface area contributed by atoms with Gasteiger partial charge < -0.3 is 25.5 Å². The van der Waals surface area contributed by atoms with Gasteiger partial charge in [-0.25, -0.2) is 4.79 Å². The molecule has 1 aliphatic rings. The summed E-state index contributed by atoms with van der Waals surface area (Å²) in [6.45, 7) is 11.8. The number of amides is 2. The highest BCUT2D eigenvalue weighted by atomic mass is 28.4. The van der Waals surface area contributed by atoms with E-state index in [0.29, 0.717) is 43.8 Å². The number of nitro benzene ring substituents is 1. The number of rotatable bonds is 9. The average molecular weight is 481 g/mol. The number of anilines is 2. The van der Waals surface area contributed by atoms with Gasteiger partial charge in [-0.2, -0.15) is 0 Å². The second-order valence-electron chi connectivity index (χ2n) is 10.0. The van der Waals surface area contributed by atoms with Crippen LogP contribution in [0.25, 0.3) is 0 Å². The largest absolute Gasteiger partial charge is 0.465 e. The van der Waals surface area contributed by atoms with E-state index in [4.69, 9.17) is 9.53 Å². The van der Waals surface area contributed by atoms with E-state index in [1.807, 2.05) is 0 Å². The molecule has 0 aromatic heterocycles. The molecular weight excluding hydrogens is 444 g/mol. The lowest BCUT2D eigenvalue weighted by atomic mass is 9.85. The first-order valence-electron chi connectivity index (χ1n) is 11.3. The third kappa shape index (κ3) is 7.71. The van der Waals surface area contributed by atoms with E-state index < -0.39 is 19.3 Å². The van der Waals surface area contributed by atoms with Gasteiger partial charge in [-0.05, 0) is 43.5 Å². The van der Waals surface area contributed by atoms with Gasteiger partial charge in [0.05, 0.1) is 22.9 Å². The van der Waals surface area contributed by atoms with Crippen molar-refractivity contribution in [2.75, 3.05) is 23.8 Å². The maximum atomic E-state index is 12.9. The molecule has 4 N–H and O–H groups in total. The summed E-state index contributed by atoms with van der Waals surface area (Å²) in [5.74, 6) is -0.641. The number of nitrogens with zero attached hydrogens (tertiary/aromatic N) is 1. The Morgan fingerprint density at radius 2 is 1.94 bits per heavy atom. The van der Waals surface area contributed by atoms with Gasteiger partial charge in [0.2, 0.25) is 5.91 Å². The van der Waals surface area contributed by atoms with E-state index in [2.05, 4.69) is 49.8 Å². The van der Waals surface area contributed by atoms with Crippen LogP contribution in [0.3, 0.4) is 0 Å². The normalized spacial score (nSPS) is 18.9. The van der Waals surface area contributed by atoms with Crippen molar-refractivity contribution >= 4 is 37.4 Å². The number of benzene rings is 1. The SMILES string of the molecule is CC(C)(C)[Si](C)(C)OCCNc1ccc([N+](=O)[O-])cc1NC(=O)[C@H]1CCC[C@@H](NC(=O)O)C1. The minimum atomic E-state index is -1.89. The zero-order chi connectivity index (χ0) is 24.8. The maximum absolute atomic E-state index is 12.9. The summed E-state index contributed by atoms with van der Waals surface area (Å²) in [4.78, 5) is 34.6. The van der Waals surface area contributed by atoms with Crippen molar-refractivity contribution in [3.63, 3.8) is 0 Å². The summed E-state index contributed by atoms with van der Waals surface area (Å²) in [5, 5.41) is 28.8. The second-order valence-corrected chi connectivity index (χ2v) is 14.8. The molecule has 1 fully saturated rings. The fourth-order valence-electron chi connectivity index (χ4n) is 3.58. The van der Waals surface area contributed by atoms with Crippen LogP contribution in [0.15, 0.2) is 18.2 Å². The number of non-ortho nitro benzene ring substituents is 1. The first-order chi connectivity index (χ1) is 15.3. The highest BCUT2D eigenvalue weighted by Crippen LogP contribution is 2.36. The molecule has 1 aromatic carbocycles. The Balaban J connectivity index is 2.07. The van der Waals surface area contributed by atoms with Gasteiger partial charge in [-0.1, -0.05) is 27.2 Å². The molecule has 0 bridgehead atoms. The van der Waals surface area contributed by atoms with Crippen molar-refractivity contribution in [1.29, 1.82) is 0 Å². The first kappa shape index (κ1) is 26.6. The van der Waals surface area contributed by atoms with E-state index in [1.54, 1.807) is 6.07 Å². The zero-order valence-corrected chi connectivity index (χ0v) is 21.1. The lowest BCUT2D eigenvalue weighted by Crippen LogP contribution is -2.41. The molecule has 0 saturated heterocycles. The summed E-state index contributed by atoms with van der Waals surface area (Å²) in [7, 11) is -1.89. The van der Waals surface area contributed by atoms with Crippen LogP contribution in [-0.2, 0) is 9.22 Å². The Labute approximate surface area is 195 Å². The number of nitrogens with one attached hydrogen (secondary N) is 3. The molecule has 0 heterocycles. The van der Waals surface area contributed by atoms with Gasteiger partial charge in [0.1, 0.15) is 0 Å². The van der Waals surface area contributed by atoms with Crippen LogP contribution >= 0.6 is 0 Å². The van der Waals surface area contributed by atoms with Crippen LogP contribution in [-0.4, -0.2) is 49.5 Å². The van der Waals surface area contributed by atoms with Crippen LogP contribution in [0.2, 0.25) is 18.1 Å². The molecule has 184 valence electrons. The fourth-order valence-corrected chi connectivity index (χ4v) is 4.63. The molecule has 0 radical (unpaired) electrons. The zero-order valence-electron chi connectivity index (χ0n) is 20.1. The highest BCUT2D eigenvalue weighted by molar-refractivity contribution is 6.74. The molecule has 0 unspecified atom stereocenters. The Bertz CT molecular complexity index is 871. The summed E-state index contributed by atoms with van der Waals surface area (Å²) in [6, 6.07) is 4.03. The highest BCUT2D eigenvalue weighted by Gasteiger charge is 2.36. The van der Waals surface area contributed by atoms with E-state index in [-0.39, 0.29) is 28.6 Å². The lowest BCUT2D eigenvalue weighted by Gasteiger charge is -2.36. The Morgan fingerprint density at radius 3 is 2.55 bits per heavy atom. The van der Waals surface area contributed by atoms with Crippen LogP contribution in [0.4, 0.5) is 21.9 Å². The quantitative estimate of drug-likeness (QED) is 0.172. The summed E-state index contributed by atoms with van der Waals surface area (Å²) in [6.07, 6.45) is 1.35. The minimum Gasteiger partial charge on any atom is -0.465 e. The third-order valence-corrected chi connectivity index (χ3v) is 11.1. The first-order valence-corrected chi connectivity index (χ1v) is 14.2. The van der Waals surface area contributed by atoms with Gasteiger partial charge in [-0.3, -0.25) is 14.9 Å². The molecule has 2 atom stereocenters. The monoisotopic (exact) mass is 480 g/mol. The maximum Gasteiger partial charge on any atom is 0.404 e. The molecule has 2 rings (SSSR count). The number of nitro groups is 1. The molecule has 0 aliphatic heterocycles. The number of carboxylic acid groups (broad SMARTS) is 1. The van der Waals surface area contributed by atoms with Gasteiger partial charge >= 0.3 is 6.09 Å². The van der Waals surface area contributed by atoms with Crippen molar-refractivity contribution in [2.24, 2.45) is 5.92 Å². The smallest absolute Gasteiger partial charge is 0.404 e. The van der Waals surface area contributed by atoms with E-state index in [9.17, 15) is 19.7 Å². The van der Waals surface area contributed by atoms with Crippen LogP contribution in [0, 0.1) is 16.0 Å². The van der Waals surface area contributed by atoms with Gasteiger partial charge in [0.15, 0.2) is 8.32 Å². The van der Waals surface area contributed by atoms with E-state index in [1.165, 1.54) is 12.1 Å². The van der Waals surface area contributed by atoms with Crippen LogP contribution in [0.5, 0.6) is 0 Å². The fraction of sp³-hybridized carbons (Fsp3) is 0.636. The van der Waals surface area contributed by atoms with Crippen LogP contribution in [0.1, 0.15) is 46.5 Å². The summed E-state index contributed by atoms with van der Waals surface area (Å²) < 4.78 is 6.16. The predicted molar refractivity (Wildman–Crippen MR) is 130 cm³/mol. The number of hydrogen-bond acceptors (Lipinski definition) is 6. The molecule has 1 saturated carbocycles. The van der Waals surface area contributed by atoms with Crippen molar-refractivity contribution in [3.05, 3.63) is 28.3 Å². The summed E-state index contributed by atoms with van der Waals surface area (Å²) in [5.41, 5.74) is 0.779. The number of hydrogen-bond donors (Lipinski definition) is 4. The molecule has 10 nitrogen and oxygen atoms in total. The molecular formula is C22H36N4O6Si. The van der Waals surface area contributed by atoms with Crippen molar-refractivity contribution in [1.82, 2.24) is 5.32 Å². The van der Waals surface area contributed by atoms with Gasteiger partial charge in [0.25, 0.3) is 5.69 Å². The van der Waals surface area contributed by atoms with Crippen molar-refractivity contribution in [3.8, 4) is 0 Å². The molecule has 1 aromatic rings. The van der Waals surface area contributed by atoms with E-state index >= 15 is 0 Å². The average Bonchev–Trinajstić information content (AvgIpc) is 2.70. The van der Waals surface area contributed by atoms with Crippen molar-refractivity contribution in [2.45, 2.75) is 70.6 Å². The predicted octanol–water partition coefficient (Wildman–Crippen LogP) is 4.79. The minimum absolute atomic E-state index is 0.0901. The lowest BCUT2D eigenvalue weighted by molar-refractivity contribution is -0.384. The Kier molecular flexibility index (Phi) is 8.84. The number of carbonyl (C=O) groups excluding carboxylic acids is 1. The van der Waals surface area contributed by atoms with E-state index in [0.717, 1.165) is 6.42 Å². The van der Waals surface area contributed by atoms with Crippen LogP contribution < -0.4 is 16.0 Å². The second kappa shape index (κ2) is 11.0. The topological polar surface area (TPSA) is 143 Å². The molecule has 1 aliphatic carbocycles. The van der Waals surface area contributed by atoms with Crippen molar-refractivity contribution < 1.29 is 24.0 Å². The molecule has 2 amide bonds. The van der Waals surface area contributed by atoms with Gasteiger partial charge in [-0.15, -0.1) is 0 Å². The Morgan fingerprint density at radius 1 is 1.24 bits per heavy atom. The van der Waals surface area contributed by atoms with Gasteiger partial charge in [0, 0.05) is 30.6 Å². The standard InChI is InChI=1S/C22H36N4O6Si/c1-22(2,3)33(4,5)32-12-11-23-18-10-9-17(26(30)31)14-19(18)25-20(27)15-7-6-8-16(13-15)24-21(28)29/h9-10,14-16,23-24H,6-8,11-13H2,1-5H3,(H,25,27)(H,28,29)/t15-,16+/m0/s1. The number of carbonyl (C=O) groups is 2. The Hall–Kier alpha value is -2.66. The third-order valence-electron chi connectivity index (χ3n) is 6.53.